The Morgan fingerprint density at radius 1 is 0.950 bits per heavy atom. The number of hydrogen-bond donors (Lipinski definition) is 2. The number of nitrogens with one attached hydrogen (secondary N) is 1. The van der Waals surface area contributed by atoms with E-state index in [-0.39, 0.29) is 18.9 Å². The van der Waals surface area contributed by atoms with Crippen molar-refractivity contribution in [3.8, 4) is 22.8 Å². The zero-order valence-corrected chi connectivity index (χ0v) is 22.5. The Morgan fingerprint density at radius 2 is 1.70 bits per heavy atom. The number of carboxylic acids is 1. The van der Waals surface area contributed by atoms with Gasteiger partial charge in [0.2, 0.25) is 5.88 Å². The molecule has 0 aliphatic rings. The standard InChI is InChI=1S/C31H29N3O4S.Li.H/c1-21-8-6-7-11-25(21)27-20-22(13-16-26(27)30(35)32-28(31(36)37)18-19-39-2)12-14-23-15-17-29(34-33-23)38-24-9-4-3-5-10-24;;/h3-17,20,28H,18-19H2,1-2H3,(H,32,35)(H,36,37);;/b14-12+;;. The van der Waals surface area contributed by atoms with Crippen LogP contribution in [0.4, 0.5) is 0 Å². The quantitative estimate of drug-likeness (QED) is 0.232. The van der Waals surface area contributed by atoms with Gasteiger partial charge >= 0.3 is 24.8 Å². The molecule has 0 spiro atoms. The Balaban J connectivity index is 0.00000441. The molecule has 0 aliphatic heterocycles. The normalized spacial score (nSPS) is 11.4. The van der Waals surface area contributed by atoms with E-state index >= 15 is 0 Å². The molecule has 0 bridgehead atoms. The van der Waals surface area contributed by atoms with Crippen LogP contribution in [0.15, 0.2) is 84.9 Å². The van der Waals surface area contributed by atoms with Crippen LogP contribution in [-0.2, 0) is 4.79 Å². The second-order valence-corrected chi connectivity index (χ2v) is 9.80. The van der Waals surface area contributed by atoms with Gasteiger partial charge in [0.25, 0.3) is 5.91 Å². The van der Waals surface area contributed by atoms with Gasteiger partial charge < -0.3 is 15.2 Å². The summed E-state index contributed by atoms with van der Waals surface area (Å²) in [4.78, 5) is 25.0. The minimum absolute atomic E-state index is 0. The summed E-state index contributed by atoms with van der Waals surface area (Å²) >= 11 is 1.54. The van der Waals surface area contributed by atoms with Gasteiger partial charge in [-0.15, -0.1) is 10.2 Å². The number of ether oxygens (including phenoxy) is 1. The van der Waals surface area contributed by atoms with Crippen molar-refractivity contribution in [2.75, 3.05) is 12.0 Å². The molecule has 0 radical (unpaired) electrons. The summed E-state index contributed by atoms with van der Waals surface area (Å²) in [6, 6.07) is 25.2. The van der Waals surface area contributed by atoms with E-state index in [4.69, 9.17) is 4.74 Å². The van der Waals surface area contributed by atoms with E-state index in [0.717, 1.165) is 22.3 Å². The second kappa shape index (κ2) is 15.1. The fourth-order valence-electron chi connectivity index (χ4n) is 3.96. The molecule has 0 saturated carbocycles. The number of amides is 1. The van der Waals surface area contributed by atoms with Gasteiger partial charge in [-0.2, -0.15) is 11.8 Å². The number of carbonyl (C=O) groups excluding carboxylic acids is 1. The molecule has 1 aromatic heterocycles. The van der Waals surface area contributed by atoms with Crippen LogP contribution in [0.1, 0.15) is 33.6 Å². The summed E-state index contributed by atoms with van der Waals surface area (Å²) in [5.41, 5.74) is 4.54. The van der Waals surface area contributed by atoms with Crippen molar-refractivity contribution in [1.29, 1.82) is 0 Å². The van der Waals surface area contributed by atoms with Crippen molar-refractivity contribution < 1.29 is 19.4 Å². The van der Waals surface area contributed by atoms with Gasteiger partial charge in [-0.3, -0.25) is 4.79 Å². The molecule has 1 atom stereocenters. The third kappa shape index (κ3) is 8.33. The van der Waals surface area contributed by atoms with Crippen LogP contribution in [0.2, 0.25) is 0 Å². The summed E-state index contributed by atoms with van der Waals surface area (Å²) in [6.45, 7) is 1.98. The van der Waals surface area contributed by atoms with E-state index in [2.05, 4.69) is 15.5 Å². The van der Waals surface area contributed by atoms with Gasteiger partial charge in [-0.1, -0.05) is 54.6 Å². The number of carbonyl (C=O) groups is 2. The molecule has 2 N–H and O–H groups in total. The molecule has 9 heteroatoms. The average Bonchev–Trinajstić information content (AvgIpc) is 2.95. The molecule has 200 valence electrons. The molecule has 4 rings (SSSR count). The van der Waals surface area contributed by atoms with Gasteiger partial charge in [0.15, 0.2) is 0 Å². The monoisotopic (exact) mass is 547 g/mol. The van der Waals surface area contributed by atoms with E-state index in [0.29, 0.717) is 35.1 Å². The topological polar surface area (TPSA) is 101 Å². The van der Waals surface area contributed by atoms with Crippen LogP contribution in [0.5, 0.6) is 11.6 Å². The number of carboxylic acid groups (broad SMARTS) is 1. The number of aryl methyl sites for hydroxylation is 1. The molecule has 7 nitrogen and oxygen atoms in total. The Labute approximate surface area is 250 Å². The van der Waals surface area contributed by atoms with Crippen LogP contribution in [-0.4, -0.2) is 64.1 Å². The van der Waals surface area contributed by atoms with Crippen molar-refractivity contribution in [3.63, 3.8) is 0 Å². The minimum atomic E-state index is -1.05. The molecular weight excluding hydrogens is 517 g/mol. The summed E-state index contributed by atoms with van der Waals surface area (Å²) < 4.78 is 5.70. The number of aromatic nitrogens is 2. The number of aliphatic carboxylic acids is 1. The van der Waals surface area contributed by atoms with Gasteiger partial charge in [0.05, 0.1) is 5.69 Å². The molecule has 0 aliphatic carbocycles. The average molecular weight is 548 g/mol. The Morgan fingerprint density at radius 3 is 2.38 bits per heavy atom. The zero-order valence-electron chi connectivity index (χ0n) is 21.7. The zero-order chi connectivity index (χ0) is 27.6. The second-order valence-electron chi connectivity index (χ2n) is 8.81. The number of benzene rings is 3. The fourth-order valence-corrected chi connectivity index (χ4v) is 4.43. The molecule has 1 amide bonds. The van der Waals surface area contributed by atoms with Crippen molar-refractivity contribution in [3.05, 3.63) is 107 Å². The maximum atomic E-state index is 13.3. The number of rotatable bonds is 11. The molecule has 0 saturated heterocycles. The summed E-state index contributed by atoms with van der Waals surface area (Å²) in [5, 5.41) is 20.6. The first-order valence-corrected chi connectivity index (χ1v) is 13.8. The molecule has 1 unspecified atom stereocenters. The fraction of sp³-hybridized carbons (Fsp3) is 0.161. The van der Waals surface area contributed by atoms with E-state index in [1.54, 1.807) is 12.1 Å². The molecule has 40 heavy (non-hydrogen) atoms. The number of nitrogens with zero attached hydrogens (tertiary/aromatic N) is 2. The van der Waals surface area contributed by atoms with Crippen LogP contribution < -0.4 is 10.1 Å². The third-order valence-corrected chi connectivity index (χ3v) is 6.65. The van der Waals surface area contributed by atoms with E-state index in [9.17, 15) is 14.7 Å². The van der Waals surface area contributed by atoms with Crippen molar-refractivity contribution >= 4 is 54.7 Å². The Hall–Kier alpha value is -3.83. The predicted octanol–water partition coefficient (Wildman–Crippen LogP) is 5.70. The summed E-state index contributed by atoms with van der Waals surface area (Å²) in [5.74, 6) is 0.246. The van der Waals surface area contributed by atoms with Crippen LogP contribution in [0.3, 0.4) is 0 Å². The van der Waals surface area contributed by atoms with Gasteiger partial charge in [-0.05, 0) is 84.0 Å². The van der Waals surface area contributed by atoms with Crippen LogP contribution in [0.25, 0.3) is 23.3 Å². The summed E-state index contributed by atoms with van der Waals surface area (Å²) in [6.07, 6.45) is 5.98. The van der Waals surface area contributed by atoms with E-state index in [1.807, 2.05) is 98.1 Å². The molecule has 1 heterocycles. The maximum absolute atomic E-state index is 13.3. The first kappa shape index (κ1) is 30.7. The molecule has 3 aromatic carbocycles. The van der Waals surface area contributed by atoms with Crippen molar-refractivity contribution in [1.82, 2.24) is 15.5 Å². The number of thioether (sulfide) groups is 1. The van der Waals surface area contributed by atoms with Crippen LogP contribution in [0, 0.1) is 6.92 Å². The van der Waals surface area contributed by atoms with Gasteiger partial charge in [-0.25, -0.2) is 4.79 Å². The van der Waals surface area contributed by atoms with E-state index < -0.39 is 17.9 Å². The SMILES string of the molecule is CSCCC(NC(=O)c1ccc(/C=C/c2ccc(Oc3ccccc3)nn2)cc1-c1ccccc1C)C(=O)O.[LiH]. The Kier molecular flexibility index (Phi) is 11.6. The first-order valence-electron chi connectivity index (χ1n) is 12.4. The van der Waals surface area contributed by atoms with Gasteiger partial charge in [0, 0.05) is 11.6 Å². The third-order valence-electron chi connectivity index (χ3n) is 6.01. The van der Waals surface area contributed by atoms with Crippen molar-refractivity contribution in [2.24, 2.45) is 0 Å². The van der Waals surface area contributed by atoms with E-state index in [1.165, 1.54) is 11.8 Å². The number of para-hydroxylation sites is 1. The first-order chi connectivity index (χ1) is 18.9. The Bertz CT molecular complexity index is 1460. The van der Waals surface area contributed by atoms with Crippen LogP contribution >= 0.6 is 11.8 Å². The molecular formula is C31H30LiN3O4S. The predicted molar refractivity (Wildman–Crippen MR) is 163 cm³/mol. The van der Waals surface area contributed by atoms with Crippen molar-refractivity contribution in [2.45, 2.75) is 19.4 Å². The number of hydrogen-bond acceptors (Lipinski definition) is 6. The summed E-state index contributed by atoms with van der Waals surface area (Å²) in [7, 11) is 0. The molecule has 4 aromatic rings. The van der Waals surface area contributed by atoms with Gasteiger partial charge in [0.1, 0.15) is 11.8 Å². The molecule has 0 fully saturated rings.